The van der Waals surface area contributed by atoms with Gasteiger partial charge < -0.3 is 0 Å². The van der Waals surface area contributed by atoms with Crippen LogP contribution < -0.4 is 4.72 Å². The fourth-order valence-corrected chi connectivity index (χ4v) is 5.06. The van der Waals surface area contributed by atoms with Crippen LogP contribution in [0.25, 0.3) is 0 Å². The molecule has 0 saturated carbocycles. The molecule has 8 heteroatoms. The second-order valence-corrected chi connectivity index (χ2v) is 9.40. The molecule has 0 spiro atoms. The summed E-state index contributed by atoms with van der Waals surface area (Å²) < 4.78 is 53.1. The molecule has 0 fully saturated rings. The highest BCUT2D eigenvalue weighted by atomic mass is 32.2. The van der Waals surface area contributed by atoms with Crippen molar-refractivity contribution in [2.45, 2.75) is 30.1 Å². The number of rotatable bonds is 9. The predicted molar refractivity (Wildman–Crippen MR) is 102 cm³/mol. The largest absolute Gasteiger partial charge is 0.243 e. The van der Waals surface area contributed by atoms with E-state index >= 15 is 0 Å². The van der Waals surface area contributed by atoms with Gasteiger partial charge in [0.2, 0.25) is 20.0 Å². The summed E-state index contributed by atoms with van der Waals surface area (Å²) in [6.07, 6.45) is 0.470. The highest BCUT2D eigenvalue weighted by Gasteiger charge is 2.21. The minimum Gasteiger partial charge on any atom is -0.211 e. The smallest absolute Gasteiger partial charge is 0.211 e. The topological polar surface area (TPSA) is 83.6 Å². The number of hydrogen-bond donors (Lipinski definition) is 1. The fourth-order valence-electron chi connectivity index (χ4n) is 2.55. The van der Waals surface area contributed by atoms with Crippen LogP contribution in [0.2, 0.25) is 0 Å². The van der Waals surface area contributed by atoms with Crippen LogP contribution in [0.4, 0.5) is 0 Å². The van der Waals surface area contributed by atoms with Crippen LogP contribution in [-0.4, -0.2) is 40.8 Å². The molecule has 0 radical (unpaired) electrons. The van der Waals surface area contributed by atoms with Gasteiger partial charge in [0, 0.05) is 19.6 Å². The van der Waals surface area contributed by atoms with E-state index in [1.165, 1.54) is 16.4 Å². The maximum atomic E-state index is 12.4. The summed E-state index contributed by atoms with van der Waals surface area (Å²) in [5.74, 6) is 0. The van der Waals surface area contributed by atoms with Crippen molar-refractivity contribution in [3.8, 4) is 0 Å². The molecule has 0 aliphatic carbocycles. The van der Waals surface area contributed by atoms with Gasteiger partial charge in [0.05, 0.1) is 9.79 Å². The van der Waals surface area contributed by atoms with Crippen molar-refractivity contribution < 1.29 is 16.8 Å². The Kier molecular flexibility index (Phi) is 6.94. The van der Waals surface area contributed by atoms with Crippen LogP contribution in [-0.2, 0) is 26.5 Å². The Morgan fingerprint density at radius 1 is 0.808 bits per heavy atom. The number of nitrogens with one attached hydrogen (secondary N) is 1. The first-order chi connectivity index (χ1) is 12.3. The Labute approximate surface area is 156 Å². The summed E-state index contributed by atoms with van der Waals surface area (Å²) in [6.45, 7) is 4.67. The fraction of sp³-hybridized carbons (Fsp3) is 0.333. The molecular formula is C18H24N2O4S2. The normalized spacial score (nSPS) is 12.4. The Morgan fingerprint density at radius 2 is 1.38 bits per heavy atom. The second-order valence-electron chi connectivity index (χ2n) is 5.69. The quantitative estimate of drug-likeness (QED) is 0.705. The van der Waals surface area contributed by atoms with E-state index in [0.29, 0.717) is 19.5 Å². The van der Waals surface area contributed by atoms with Crippen molar-refractivity contribution in [2.75, 3.05) is 19.6 Å². The SMILES string of the molecule is CCN(CC)S(=O)(=O)c1ccc(CCNS(=O)(=O)c2ccccc2)cc1. The zero-order valence-electron chi connectivity index (χ0n) is 14.9. The maximum absolute atomic E-state index is 12.4. The lowest BCUT2D eigenvalue weighted by Gasteiger charge is -2.18. The number of benzene rings is 2. The Hall–Kier alpha value is -1.74. The molecule has 0 saturated heterocycles. The van der Waals surface area contributed by atoms with Gasteiger partial charge in [0.15, 0.2) is 0 Å². The lowest BCUT2D eigenvalue weighted by Crippen LogP contribution is -2.30. The minimum atomic E-state index is -3.53. The zero-order valence-corrected chi connectivity index (χ0v) is 16.6. The van der Waals surface area contributed by atoms with E-state index in [9.17, 15) is 16.8 Å². The van der Waals surface area contributed by atoms with Crippen molar-refractivity contribution in [2.24, 2.45) is 0 Å². The first kappa shape index (κ1) is 20.6. The average molecular weight is 397 g/mol. The highest BCUT2D eigenvalue weighted by molar-refractivity contribution is 7.89. The van der Waals surface area contributed by atoms with E-state index in [1.807, 2.05) is 0 Å². The van der Waals surface area contributed by atoms with Gasteiger partial charge in [-0.3, -0.25) is 0 Å². The monoisotopic (exact) mass is 396 g/mol. The number of nitrogens with zero attached hydrogens (tertiary/aromatic N) is 1. The summed E-state index contributed by atoms with van der Waals surface area (Å²) in [4.78, 5) is 0.468. The van der Waals surface area contributed by atoms with Gasteiger partial charge in [0.1, 0.15) is 0 Å². The molecule has 2 aromatic carbocycles. The number of sulfonamides is 2. The summed E-state index contributed by atoms with van der Waals surface area (Å²) in [7, 11) is -7.01. The van der Waals surface area contributed by atoms with E-state index in [2.05, 4.69) is 4.72 Å². The van der Waals surface area contributed by atoms with Crippen LogP contribution in [0.15, 0.2) is 64.4 Å². The second kappa shape index (κ2) is 8.77. The molecule has 0 unspecified atom stereocenters. The van der Waals surface area contributed by atoms with Crippen LogP contribution in [0, 0.1) is 0 Å². The van der Waals surface area contributed by atoms with Crippen LogP contribution >= 0.6 is 0 Å². The van der Waals surface area contributed by atoms with Crippen LogP contribution in [0.1, 0.15) is 19.4 Å². The summed E-state index contributed by atoms with van der Waals surface area (Å²) >= 11 is 0. The summed E-state index contributed by atoms with van der Waals surface area (Å²) in [6, 6.07) is 14.7. The lowest BCUT2D eigenvalue weighted by atomic mass is 10.2. The third-order valence-electron chi connectivity index (χ3n) is 4.03. The van der Waals surface area contributed by atoms with Gasteiger partial charge in [-0.15, -0.1) is 0 Å². The molecule has 0 aliphatic heterocycles. The van der Waals surface area contributed by atoms with Gasteiger partial charge in [-0.05, 0) is 36.2 Å². The number of hydrogen-bond acceptors (Lipinski definition) is 4. The molecule has 2 aromatic rings. The molecule has 26 heavy (non-hydrogen) atoms. The van der Waals surface area contributed by atoms with Gasteiger partial charge in [0.25, 0.3) is 0 Å². The van der Waals surface area contributed by atoms with Gasteiger partial charge in [-0.2, -0.15) is 4.31 Å². The Bertz CT molecular complexity index is 905. The molecule has 2 rings (SSSR count). The van der Waals surface area contributed by atoms with Crippen LogP contribution in [0.5, 0.6) is 0 Å². The van der Waals surface area contributed by atoms with E-state index in [-0.39, 0.29) is 16.3 Å². The van der Waals surface area contributed by atoms with Crippen LogP contribution in [0.3, 0.4) is 0 Å². The standard InChI is InChI=1S/C18H24N2O4S2/c1-3-20(4-2)26(23,24)18-12-10-16(11-13-18)14-15-19-25(21,22)17-8-6-5-7-9-17/h5-13,19H,3-4,14-15H2,1-2H3. The van der Waals surface area contributed by atoms with Crippen molar-refractivity contribution in [1.82, 2.24) is 9.03 Å². The molecule has 0 bridgehead atoms. The lowest BCUT2D eigenvalue weighted by molar-refractivity contribution is 0.445. The van der Waals surface area contributed by atoms with Gasteiger partial charge in [-0.1, -0.05) is 44.2 Å². The zero-order chi connectivity index (χ0) is 19.2. The van der Waals surface area contributed by atoms with Gasteiger partial charge >= 0.3 is 0 Å². The average Bonchev–Trinajstić information content (AvgIpc) is 2.63. The highest BCUT2D eigenvalue weighted by Crippen LogP contribution is 2.16. The van der Waals surface area contributed by atoms with E-state index < -0.39 is 20.0 Å². The molecule has 6 nitrogen and oxygen atoms in total. The molecule has 0 atom stereocenters. The Balaban J connectivity index is 2.00. The first-order valence-corrected chi connectivity index (χ1v) is 11.4. The molecule has 0 heterocycles. The molecule has 1 N–H and O–H groups in total. The van der Waals surface area contributed by atoms with Crippen molar-refractivity contribution >= 4 is 20.0 Å². The summed E-state index contributed by atoms with van der Waals surface area (Å²) in [5, 5.41) is 0. The Morgan fingerprint density at radius 3 is 1.92 bits per heavy atom. The maximum Gasteiger partial charge on any atom is 0.243 e. The van der Waals surface area contributed by atoms with E-state index in [1.54, 1.807) is 56.3 Å². The van der Waals surface area contributed by atoms with E-state index in [0.717, 1.165) is 5.56 Å². The first-order valence-electron chi connectivity index (χ1n) is 8.45. The van der Waals surface area contributed by atoms with E-state index in [4.69, 9.17) is 0 Å². The summed E-state index contributed by atoms with van der Waals surface area (Å²) in [5.41, 5.74) is 0.860. The predicted octanol–water partition coefficient (Wildman–Crippen LogP) is 2.24. The van der Waals surface area contributed by atoms with Gasteiger partial charge in [-0.25, -0.2) is 21.6 Å². The minimum absolute atomic E-state index is 0.223. The third kappa shape index (κ3) is 4.91. The van der Waals surface area contributed by atoms with Crippen molar-refractivity contribution in [3.05, 3.63) is 60.2 Å². The van der Waals surface area contributed by atoms with Crippen molar-refractivity contribution in [1.29, 1.82) is 0 Å². The molecule has 0 amide bonds. The van der Waals surface area contributed by atoms with Crippen molar-refractivity contribution in [3.63, 3.8) is 0 Å². The third-order valence-corrected chi connectivity index (χ3v) is 7.57. The molecular weight excluding hydrogens is 372 g/mol. The molecule has 142 valence electrons. The molecule has 0 aromatic heterocycles. The molecule has 0 aliphatic rings.